The Morgan fingerprint density at radius 1 is 1.24 bits per heavy atom. The molecule has 1 aromatic rings. The minimum atomic E-state index is -0.729. The molecule has 21 heavy (non-hydrogen) atoms. The molecule has 1 saturated carbocycles. The standard InChI is InChI=1S/C17H26N2O2/c18-15(10-9-14-7-3-1-4-8-14)16(20)19-13-17(21)11-5-2-6-12-17/h1,3-4,7-8,15,21H,2,5-6,9-13,18H2,(H,19,20)/t15-/m1/s1. The normalized spacial score (nSPS) is 19.0. The Balaban J connectivity index is 1.72. The van der Waals surface area contributed by atoms with E-state index in [-0.39, 0.29) is 5.91 Å². The summed E-state index contributed by atoms with van der Waals surface area (Å²) in [5.74, 6) is -0.162. The maximum absolute atomic E-state index is 12.0. The number of hydrogen-bond acceptors (Lipinski definition) is 3. The van der Waals surface area contributed by atoms with E-state index in [0.717, 1.165) is 32.1 Å². The molecule has 0 radical (unpaired) electrons. The number of rotatable bonds is 6. The van der Waals surface area contributed by atoms with Crippen molar-refractivity contribution in [2.45, 2.75) is 56.6 Å². The number of aliphatic hydroxyl groups is 1. The smallest absolute Gasteiger partial charge is 0.237 e. The van der Waals surface area contributed by atoms with Crippen molar-refractivity contribution in [1.29, 1.82) is 0 Å². The molecule has 2 rings (SSSR count). The summed E-state index contributed by atoms with van der Waals surface area (Å²) in [4.78, 5) is 12.0. The fraction of sp³-hybridized carbons (Fsp3) is 0.588. The first kappa shape index (κ1) is 16.0. The number of nitrogens with two attached hydrogens (primary N) is 1. The van der Waals surface area contributed by atoms with Crippen LogP contribution in [0.15, 0.2) is 30.3 Å². The lowest BCUT2D eigenvalue weighted by atomic mass is 9.85. The first-order chi connectivity index (χ1) is 10.1. The molecule has 1 aromatic carbocycles. The van der Waals surface area contributed by atoms with Gasteiger partial charge in [0.2, 0.25) is 5.91 Å². The first-order valence-electron chi connectivity index (χ1n) is 7.89. The van der Waals surface area contributed by atoms with Crippen LogP contribution in [-0.2, 0) is 11.2 Å². The van der Waals surface area contributed by atoms with E-state index < -0.39 is 11.6 Å². The van der Waals surface area contributed by atoms with Crippen molar-refractivity contribution in [2.75, 3.05) is 6.54 Å². The monoisotopic (exact) mass is 290 g/mol. The van der Waals surface area contributed by atoms with Gasteiger partial charge in [0.25, 0.3) is 0 Å². The van der Waals surface area contributed by atoms with Gasteiger partial charge in [0.1, 0.15) is 0 Å². The summed E-state index contributed by atoms with van der Waals surface area (Å²) < 4.78 is 0. The minimum Gasteiger partial charge on any atom is -0.388 e. The van der Waals surface area contributed by atoms with Crippen LogP contribution in [-0.4, -0.2) is 29.2 Å². The Labute approximate surface area is 126 Å². The van der Waals surface area contributed by atoms with Crippen LogP contribution >= 0.6 is 0 Å². The molecule has 0 aromatic heterocycles. The van der Waals surface area contributed by atoms with Crippen LogP contribution in [0.25, 0.3) is 0 Å². The molecule has 0 saturated heterocycles. The first-order valence-corrected chi connectivity index (χ1v) is 7.89. The number of aryl methyl sites for hydroxylation is 1. The lowest BCUT2D eigenvalue weighted by molar-refractivity contribution is -0.124. The summed E-state index contributed by atoms with van der Waals surface area (Å²) in [6.45, 7) is 0.324. The topological polar surface area (TPSA) is 75.4 Å². The van der Waals surface area contributed by atoms with Crippen molar-refractivity contribution in [3.05, 3.63) is 35.9 Å². The van der Waals surface area contributed by atoms with Crippen molar-refractivity contribution in [3.8, 4) is 0 Å². The van der Waals surface area contributed by atoms with Gasteiger partial charge in [-0.3, -0.25) is 4.79 Å². The van der Waals surface area contributed by atoms with Crippen molar-refractivity contribution >= 4 is 5.91 Å². The third-order valence-electron chi connectivity index (χ3n) is 4.30. The summed E-state index contributed by atoms with van der Waals surface area (Å²) in [5, 5.41) is 13.2. The second-order valence-electron chi connectivity index (χ2n) is 6.13. The molecule has 0 unspecified atom stereocenters. The van der Waals surface area contributed by atoms with Gasteiger partial charge in [-0.15, -0.1) is 0 Å². The zero-order valence-electron chi connectivity index (χ0n) is 12.6. The van der Waals surface area contributed by atoms with E-state index in [9.17, 15) is 9.90 Å². The Bertz CT molecular complexity index is 441. The number of carbonyl (C=O) groups excluding carboxylic acids is 1. The lowest BCUT2D eigenvalue weighted by Gasteiger charge is -2.32. The van der Waals surface area contributed by atoms with Gasteiger partial charge in [-0.2, -0.15) is 0 Å². The molecular weight excluding hydrogens is 264 g/mol. The minimum absolute atomic E-state index is 0.162. The molecule has 1 atom stereocenters. The SMILES string of the molecule is N[C@H](CCc1ccccc1)C(=O)NCC1(O)CCCCC1. The Morgan fingerprint density at radius 3 is 2.57 bits per heavy atom. The lowest BCUT2D eigenvalue weighted by Crippen LogP contribution is -2.49. The summed E-state index contributed by atoms with van der Waals surface area (Å²) in [5.41, 5.74) is 6.39. The largest absolute Gasteiger partial charge is 0.388 e. The van der Waals surface area contributed by atoms with Gasteiger partial charge in [0, 0.05) is 6.54 Å². The van der Waals surface area contributed by atoms with E-state index in [2.05, 4.69) is 5.32 Å². The maximum atomic E-state index is 12.0. The van der Waals surface area contributed by atoms with Crippen LogP contribution in [0.4, 0.5) is 0 Å². The van der Waals surface area contributed by atoms with E-state index in [1.165, 1.54) is 12.0 Å². The van der Waals surface area contributed by atoms with Crippen LogP contribution < -0.4 is 11.1 Å². The average molecular weight is 290 g/mol. The third-order valence-corrected chi connectivity index (χ3v) is 4.30. The predicted molar refractivity (Wildman–Crippen MR) is 83.8 cm³/mol. The van der Waals surface area contributed by atoms with Crippen molar-refractivity contribution < 1.29 is 9.90 Å². The van der Waals surface area contributed by atoms with Crippen LogP contribution in [0.2, 0.25) is 0 Å². The molecule has 1 aliphatic rings. The fourth-order valence-electron chi connectivity index (χ4n) is 2.87. The third kappa shape index (κ3) is 5.14. The Hall–Kier alpha value is -1.39. The molecule has 0 spiro atoms. The molecular formula is C17H26N2O2. The van der Waals surface area contributed by atoms with Crippen LogP contribution in [0.5, 0.6) is 0 Å². The number of carbonyl (C=O) groups is 1. The predicted octanol–water partition coefficient (Wildman–Crippen LogP) is 1.76. The summed E-state index contributed by atoms with van der Waals surface area (Å²) in [6.07, 6.45) is 6.19. The number of benzene rings is 1. The van der Waals surface area contributed by atoms with E-state index in [4.69, 9.17) is 5.73 Å². The quantitative estimate of drug-likeness (QED) is 0.747. The zero-order chi connectivity index (χ0) is 15.1. The van der Waals surface area contributed by atoms with Gasteiger partial charge in [-0.25, -0.2) is 0 Å². The van der Waals surface area contributed by atoms with Crippen molar-refractivity contribution in [2.24, 2.45) is 5.73 Å². The highest BCUT2D eigenvalue weighted by atomic mass is 16.3. The van der Waals surface area contributed by atoms with Gasteiger partial charge in [-0.1, -0.05) is 49.6 Å². The molecule has 1 amide bonds. The van der Waals surface area contributed by atoms with E-state index in [1.807, 2.05) is 30.3 Å². The number of amides is 1. The Morgan fingerprint density at radius 2 is 1.90 bits per heavy atom. The van der Waals surface area contributed by atoms with Crippen molar-refractivity contribution in [3.63, 3.8) is 0 Å². The van der Waals surface area contributed by atoms with Crippen LogP contribution in [0.1, 0.15) is 44.1 Å². The second kappa shape index (κ2) is 7.57. The summed E-state index contributed by atoms with van der Waals surface area (Å²) in [6, 6.07) is 9.50. The van der Waals surface area contributed by atoms with Gasteiger partial charge in [0.05, 0.1) is 11.6 Å². The molecule has 116 valence electrons. The molecule has 1 fully saturated rings. The highest BCUT2D eigenvalue weighted by Crippen LogP contribution is 2.27. The maximum Gasteiger partial charge on any atom is 0.237 e. The zero-order valence-corrected chi connectivity index (χ0v) is 12.6. The molecule has 4 N–H and O–H groups in total. The van der Waals surface area contributed by atoms with E-state index in [1.54, 1.807) is 0 Å². The second-order valence-corrected chi connectivity index (χ2v) is 6.13. The fourth-order valence-corrected chi connectivity index (χ4v) is 2.87. The van der Waals surface area contributed by atoms with Gasteiger partial charge < -0.3 is 16.2 Å². The van der Waals surface area contributed by atoms with Crippen LogP contribution in [0, 0.1) is 0 Å². The number of nitrogens with one attached hydrogen (secondary N) is 1. The van der Waals surface area contributed by atoms with Gasteiger partial charge in [-0.05, 0) is 31.2 Å². The molecule has 4 nitrogen and oxygen atoms in total. The van der Waals surface area contributed by atoms with Crippen LogP contribution in [0.3, 0.4) is 0 Å². The summed E-state index contributed by atoms with van der Waals surface area (Å²) in [7, 11) is 0. The van der Waals surface area contributed by atoms with E-state index in [0.29, 0.717) is 13.0 Å². The number of hydrogen-bond donors (Lipinski definition) is 3. The van der Waals surface area contributed by atoms with Crippen molar-refractivity contribution in [1.82, 2.24) is 5.32 Å². The van der Waals surface area contributed by atoms with Gasteiger partial charge >= 0.3 is 0 Å². The highest BCUT2D eigenvalue weighted by molar-refractivity contribution is 5.81. The van der Waals surface area contributed by atoms with Gasteiger partial charge in [0.15, 0.2) is 0 Å². The molecule has 0 bridgehead atoms. The van der Waals surface area contributed by atoms with E-state index >= 15 is 0 Å². The molecule has 0 aliphatic heterocycles. The summed E-state index contributed by atoms with van der Waals surface area (Å²) >= 11 is 0. The average Bonchev–Trinajstić information content (AvgIpc) is 2.52. The molecule has 1 aliphatic carbocycles. The highest BCUT2D eigenvalue weighted by Gasteiger charge is 2.30. The Kier molecular flexibility index (Phi) is 5.76. The molecule has 4 heteroatoms. The molecule has 0 heterocycles.